The third-order valence-electron chi connectivity index (χ3n) is 7.27. The highest BCUT2D eigenvalue weighted by atomic mass is 32.2. The van der Waals surface area contributed by atoms with Crippen LogP contribution in [0.3, 0.4) is 0 Å². The van der Waals surface area contributed by atoms with Crippen LogP contribution >= 0.6 is 11.3 Å². The molecule has 0 N–H and O–H groups in total. The van der Waals surface area contributed by atoms with Gasteiger partial charge in [0.2, 0.25) is 0 Å². The van der Waals surface area contributed by atoms with Gasteiger partial charge in [0, 0.05) is 20.2 Å². The van der Waals surface area contributed by atoms with Gasteiger partial charge in [0.25, 0.3) is 0 Å². The molecular weight excluding hydrogens is 549 g/mol. The molecule has 5 aromatic rings. The Morgan fingerprint density at radius 3 is 1.72 bits per heavy atom. The number of hydrogen-bond donors (Lipinski definition) is 0. The van der Waals surface area contributed by atoms with Crippen molar-refractivity contribution in [1.29, 1.82) is 0 Å². The van der Waals surface area contributed by atoms with Gasteiger partial charge in [0.15, 0.2) is 25.1 Å². The lowest BCUT2D eigenvalue weighted by molar-refractivity contribution is 0.586. The van der Waals surface area contributed by atoms with E-state index in [1.54, 1.807) is 86.6 Å². The summed E-state index contributed by atoms with van der Waals surface area (Å²) in [5.74, 6) is 0. The number of sulfone groups is 2. The van der Waals surface area contributed by atoms with Crippen LogP contribution in [0.1, 0.15) is 46.6 Å². The van der Waals surface area contributed by atoms with E-state index in [0.717, 1.165) is 15.8 Å². The van der Waals surface area contributed by atoms with Gasteiger partial charge in [-0.05, 0) is 81.3 Å². The van der Waals surface area contributed by atoms with E-state index >= 15 is 0 Å². The first-order chi connectivity index (χ1) is 18.4. The predicted octanol–water partition coefficient (Wildman–Crippen LogP) is 7.10. The van der Waals surface area contributed by atoms with Gasteiger partial charge in [0.05, 0.1) is 20.3 Å². The van der Waals surface area contributed by atoms with Crippen molar-refractivity contribution in [2.45, 2.75) is 48.0 Å². The average molecular weight is 577 g/mol. The van der Waals surface area contributed by atoms with Crippen molar-refractivity contribution in [3.8, 4) is 0 Å². The molecule has 0 aliphatic rings. The zero-order chi connectivity index (χ0) is 28.1. The van der Waals surface area contributed by atoms with Crippen LogP contribution in [0.15, 0.2) is 99.5 Å². The highest BCUT2D eigenvalue weighted by Crippen LogP contribution is 2.40. The number of rotatable bonds is 6. The van der Waals surface area contributed by atoms with Crippen LogP contribution in [0.4, 0.5) is 0 Å². The number of fused-ring (bicyclic) bond motifs is 2. The van der Waals surface area contributed by atoms with E-state index in [2.05, 4.69) is 0 Å². The predicted molar refractivity (Wildman–Crippen MR) is 159 cm³/mol. The number of aryl methyl sites for hydroxylation is 2. The van der Waals surface area contributed by atoms with Crippen molar-refractivity contribution in [1.82, 2.24) is 0 Å². The van der Waals surface area contributed by atoms with Gasteiger partial charge in [-0.25, -0.2) is 16.8 Å². The summed E-state index contributed by atoms with van der Waals surface area (Å²) in [5, 5.41) is -1.19. The van der Waals surface area contributed by atoms with E-state index in [1.165, 1.54) is 11.3 Å². The topological polar surface area (TPSA) is 85.3 Å². The first-order valence-electron chi connectivity index (χ1n) is 12.5. The second-order valence-electron chi connectivity index (χ2n) is 9.91. The van der Waals surface area contributed by atoms with Crippen LogP contribution in [0.25, 0.3) is 20.2 Å². The molecule has 0 radical (unpaired) electrons. The van der Waals surface area contributed by atoms with E-state index in [-0.39, 0.29) is 15.2 Å². The van der Waals surface area contributed by atoms with Gasteiger partial charge in [0.1, 0.15) is 0 Å². The van der Waals surface area contributed by atoms with Crippen molar-refractivity contribution in [3.63, 3.8) is 0 Å². The lowest BCUT2D eigenvalue weighted by Gasteiger charge is -2.20. The van der Waals surface area contributed by atoms with E-state index in [9.17, 15) is 21.6 Å². The Bertz CT molecular complexity index is 1990. The van der Waals surface area contributed by atoms with Gasteiger partial charge in [-0.1, -0.05) is 53.6 Å². The molecule has 0 bridgehead atoms. The summed E-state index contributed by atoms with van der Waals surface area (Å²) >= 11 is 1.35. The highest BCUT2D eigenvalue weighted by Gasteiger charge is 2.31. The molecule has 5 nitrogen and oxygen atoms in total. The van der Waals surface area contributed by atoms with Crippen LogP contribution in [-0.4, -0.2) is 16.8 Å². The maximum Gasteiger partial charge on any atom is 0.195 e. The van der Waals surface area contributed by atoms with Crippen LogP contribution in [0.2, 0.25) is 0 Å². The molecule has 2 atom stereocenters. The first-order valence-corrected chi connectivity index (χ1v) is 16.4. The van der Waals surface area contributed by atoms with Crippen LogP contribution < -0.4 is 5.43 Å². The second-order valence-corrected chi connectivity index (χ2v) is 15.5. The smallest absolute Gasteiger partial charge is 0.195 e. The number of hydrogen-bond acceptors (Lipinski definition) is 6. The summed E-state index contributed by atoms with van der Waals surface area (Å²) < 4.78 is 56.1. The van der Waals surface area contributed by atoms with Gasteiger partial charge in [-0.15, -0.1) is 11.3 Å². The molecule has 200 valence electrons. The monoisotopic (exact) mass is 576 g/mol. The standard InChI is InChI=1S/C31H28O5S3/c1-19-9-13-24(14-10-19)38(33,34)21(3)23-17-27(22(4)39(35,36)25-15-11-20(2)12-16-25)31-28(18-23)30(32)26-7-5-6-8-29(26)37-31/h5-18,21-22H,1-4H3. The molecule has 0 amide bonds. The molecule has 0 aliphatic heterocycles. The van der Waals surface area contributed by atoms with Crippen molar-refractivity contribution in [2.24, 2.45) is 0 Å². The van der Waals surface area contributed by atoms with Gasteiger partial charge in [-0.3, -0.25) is 4.79 Å². The van der Waals surface area contributed by atoms with Gasteiger partial charge >= 0.3 is 0 Å². The highest BCUT2D eigenvalue weighted by molar-refractivity contribution is 7.92. The van der Waals surface area contributed by atoms with E-state index in [1.807, 2.05) is 26.0 Å². The summed E-state index contributed by atoms with van der Waals surface area (Å²) in [5.41, 5.74) is 2.43. The average Bonchev–Trinajstić information content (AvgIpc) is 2.92. The zero-order valence-electron chi connectivity index (χ0n) is 22.0. The maximum absolute atomic E-state index is 13.8. The maximum atomic E-state index is 13.8. The molecule has 5 rings (SSSR count). The SMILES string of the molecule is Cc1ccc(S(=O)(=O)C(C)c2cc(C(C)S(=O)(=O)c3ccc(C)cc3)c3sc4ccccc4c(=O)c3c2)cc1. The van der Waals surface area contributed by atoms with Crippen LogP contribution in [0.5, 0.6) is 0 Å². The lowest BCUT2D eigenvalue weighted by Crippen LogP contribution is -2.15. The Morgan fingerprint density at radius 1 is 0.641 bits per heavy atom. The van der Waals surface area contributed by atoms with E-state index in [0.29, 0.717) is 26.6 Å². The molecule has 2 unspecified atom stereocenters. The molecule has 4 aromatic carbocycles. The minimum atomic E-state index is -3.85. The quantitative estimate of drug-likeness (QED) is 0.201. The minimum Gasteiger partial charge on any atom is -0.289 e. The Morgan fingerprint density at radius 2 is 1.15 bits per heavy atom. The summed E-state index contributed by atoms with van der Waals surface area (Å²) in [6, 6.07) is 23.7. The molecule has 39 heavy (non-hydrogen) atoms. The molecule has 0 fully saturated rings. The fourth-order valence-electron chi connectivity index (χ4n) is 4.70. The third-order valence-corrected chi connectivity index (χ3v) is 12.7. The first kappa shape index (κ1) is 27.2. The van der Waals surface area contributed by atoms with Crippen molar-refractivity contribution in [2.75, 3.05) is 0 Å². The van der Waals surface area contributed by atoms with Crippen molar-refractivity contribution >= 4 is 51.2 Å². The molecular formula is C31H28O5S3. The van der Waals surface area contributed by atoms with Crippen LogP contribution in [-0.2, 0) is 19.7 Å². The molecule has 0 spiro atoms. The fraction of sp³-hybridized carbons (Fsp3) is 0.194. The van der Waals surface area contributed by atoms with Crippen molar-refractivity contribution in [3.05, 3.63) is 117 Å². The molecule has 0 saturated heterocycles. The summed E-state index contributed by atoms with van der Waals surface area (Å²) in [7, 11) is -7.66. The Hall–Kier alpha value is -3.33. The lowest BCUT2D eigenvalue weighted by atomic mass is 10.0. The summed E-state index contributed by atoms with van der Waals surface area (Å²) in [6.07, 6.45) is 0. The number of benzene rings is 4. The van der Waals surface area contributed by atoms with Gasteiger partial charge < -0.3 is 0 Å². The van der Waals surface area contributed by atoms with E-state index < -0.39 is 30.2 Å². The largest absolute Gasteiger partial charge is 0.289 e. The second kappa shape index (κ2) is 10.0. The minimum absolute atomic E-state index is 0.172. The Balaban J connectivity index is 1.77. The zero-order valence-corrected chi connectivity index (χ0v) is 24.5. The molecule has 1 aromatic heterocycles. The Kier molecular flexibility index (Phi) is 6.99. The summed E-state index contributed by atoms with van der Waals surface area (Å²) in [4.78, 5) is 14.0. The van der Waals surface area contributed by atoms with Crippen molar-refractivity contribution < 1.29 is 16.8 Å². The van der Waals surface area contributed by atoms with E-state index in [4.69, 9.17) is 0 Å². The Labute approximate surface area is 232 Å². The summed E-state index contributed by atoms with van der Waals surface area (Å²) in [6.45, 7) is 6.94. The molecule has 0 aliphatic carbocycles. The fourth-order valence-corrected chi connectivity index (χ4v) is 8.89. The third kappa shape index (κ3) is 4.81. The molecule has 1 heterocycles. The van der Waals surface area contributed by atoms with Gasteiger partial charge in [-0.2, -0.15) is 0 Å². The molecule has 8 heteroatoms. The van der Waals surface area contributed by atoms with Crippen LogP contribution in [0, 0.1) is 13.8 Å². The molecule has 0 saturated carbocycles. The normalized spacial score (nSPS) is 13.9.